The number of nitrogens with one attached hydrogen (secondary N) is 1. The number of carbonyl (C=O) groups excluding carboxylic acids is 2. The lowest BCUT2D eigenvalue weighted by Gasteiger charge is -2.16. The molecule has 0 aliphatic carbocycles. The highest BCUT2D eigenvalue weighted by atomic mass is 79.9. The highest BCUT2D eigenvalue weighted by molar-refractivity contribution is 9.09. The summed E-state index contributed by atoms with van der Waals surface area (Å²) in [6, 6.07) is 7.35. The molecule has 18 heavy (non-hydrogen) atoms. The van der Waals surface area contributed by atoms with Crippen molar-refractivity contribution in [2.24, 2.45) is 0 Å². The highest BCUT2D eigenvalue weighted by Gasteiger charge is 2.28. The molecule has 0 aromatic heterocycles. The summed E-state index contributed by atoms with van der Waals surface area (Å²) in [6.07, 6.45) is 0.992. The van der Waals surface area contributed by atoms with E-state index in [-0.39, 0.29) is 16.6 Å². The summed E-state index contributed by atoms with van der Waals surface area (Å²) in [4.78, 5) is 24.9. The second kappa shape index (κ2) is 5.52. The average Bonchev–Trinajstić information content (AvgIpc) is 2.69. The smallest absolute Gasteiger partial charge is 0.228 e. The van der Waals surface area contributed by atoms with Gasteiger partial charge in [0.15, 0.2) is 0 Å². The molecule has 2 rings (SSSR count). The summed E-state index contributed by atoms with van der Waals surface area (Å²) in [5.41, 5.74) is 1.63. The topological polar surface area (TPSA) is 49.4 Å². The number of amides is 2. The predicted molar refractivity (Wildman–Crippen MR) is 75.0 cm³/mol. The number of nitrogens with zero attached hydrogens (tertiary/aromatic N) is 1. The van der Waals surface area contributed by atoms with E-state index in [2.05, 4.69) is 21.2 Å². The van der Waals surface area contributed by atoms with E-state index in [1.165, 1.54) is 0 Å². The predicted octanol–water partition coefficient (Wildman–Crippen LogP) is 2.54. The Morgan fingerprint density at radius 3 is 2.61 bits per heavy atom. The summed E-state index contributed by atoms with van der Waals surface area (Å²) >= 11 is 3.45. The van der Waals surface area contributed by atoms with Crippen LogP contribution in [0.5, 0.6) is 0 Å². The summed E-state index contributed by atoms with van der Waals surface area (Å²) in [5, 5.41) is 2.78. The fraction of sp³-hybridized carbons (Fsp3) is 0.385. The normalized spacial score (nSPS) is 19.1. The number of anilines is 2. The van der Waals surface area contributed by atoms with Gasteiger partial charge >= 0.3 is 0 Å². The molecule has 1 N–H and O–H groups in total. The van der Waals surface area contributed by atoms with Gasteiger partial charge in [0.1, 0.15) is 0 Å². The maximum Gasteiger partial charge on any atom is 0.228 e. The molecular formula is C13H15BrN2O2. The fourth-order valence-electron chi connectivity index (χ4n) is 1.89. The Hall–Kier alpha value is -1.36. The third-order valence-electron chi connectivity index (χ3n) is 2.86. The summed E-state index contributed by atoms with van der Waals surface area (Å²) in [7, 11) is 0. The molecule has 1 aliphatic rings. The molecule has 1 heterocycles. The molecular weight excluding hydrogens is 296 g/mol. The Morgan fingerprint density at radius 2 is 2.11 bits per heavy atom. The standard InChI is InChI=1S/C13H15BrN2O2/c1-2-12(17)15-10-3-5-11(6-4-10)16-8-9(14)7-13(16)18/h3-6,9H,2,7-8H2,1H3,(H,15,17). The van der Waals surface area contributed by atoms with Crippen molar-refractivity contribution < 1.29 is 9.59 Å². The van der Waals surface area contributed by atoms with E-state index in [1.807, 2.05) is 31.2 Å². The summed E-state index contributed by atoms with van der Waals surface area (Å²) in [6.45, 7) is 2.50. The van der Waals surface area contributed by atoms with Crippen LogP contribution in [0.2, 0.25) is 0 Å². The number of hydrogen-bond donors (Lipinski definition) is 1. The number of carbonyl (C=O) groups is 2. The molecule has 1 saturated heterocycles. The second-order valence-electron chi connectivity index (χ2n) is 4.25. The van der Waals surface area contributed by atoms with Gasteiger partial charge in [-0.25, -0.2) is 0 Å². The Kier molecular flexibility index (Phi) is 4.01. The van der Waals surface area contributed by atoms with E-state index in [9.17, 15) is 9.59 Å². The van der Waals surface area contributed by atoms with Crippen molar-refractivity contribution in [1.29, 1.82) is 0 Å². The lowest BCUT2D eigenvalue weighted by molar-refractivity contribution is -0.117. The molecule has 1 aromatic carbocycles. The molecule has 1 atom stereocenters. The third kappa shape index (κ3) is 2.90. The van der Waals surface area contributed by atoms with E-state index < -0.39 is 0 Å². The van der Waals surface area contributed by atoms with Crippen LogP contribution in [-0.2, 0) is 9.59 Å². The van der Waals surface area contributed by atoms with Crippen LogP contribution in [0.4, 0.5) is 11.4 Å². The van der Waals surface area contributed by atoms with Crippen molar-refractivity contribution in [1.82, 2.24) is 0 Å². The van der Waals surface area contributed by atoms with Gasteiger partial charge in [-0.3, -0.25) is 9.59 Å². The number of rotatable bonds is 3. The van der Waals surface area contributed by atoms with Crippen molar-refractivity contribution in [3.8, 4) is 0 Å². The number of alkyl halides is 1. The van der Waals surface area contributed by atoms with Gasteiger partial charge in [0.2, 0.25) is 11.8 Å². The van der Waals surface area contributed by atoms with Crippen LogP contribution in [0, 0.1) is 0 Å². The van der Waals surface area contributed by atoms with E-state index in [0.717, 1.165) is 11.4 Å². The van der Waals surface area contributed by atoms with Crippen molar-refractivity contribution >= 4 is 39.1 Å². The Bertz CT molecular complexity index is 459. The zero-order valence-corrected chi connectivity index (χ0v) is 11.7. The first-order valence-electron chi connectivity index (χ1n) is 5.94. The maximum atomic E-state index is 11.7. The minimum atomic E-state index is -0.0134. The van der Waals surface area contributed by atoms with Gasteiger partial charge in [-0.05, 0) is 24.3 Å². The fourth-order valence-corrected chi connectivity index (χ4v) is 2.45. The van der Waals surface area contributed by atoms with Crippen LogP contribution >= 0.6 is 15.9 Å². The van der Waals surface area contributed by atoms with Crippen molar-refractivity contribution in [3.63, 3.8) is 0 Å². The van der Waals surface area contributed by atoms with Gasteiger partial charge < -0.3 is 10.2 Å². The van der Waals surface area contributed by atoms with E-state index in [1.54, 1.807) is 4.90 Å². The molecule has 1 fully saturated rings. The lowest BCUT2D eigenvalue weighted by atomic mass is 10.2. The SMILES string of the molecule is CCC(=O)Nc1ccc(N2CC(Br)CC2=O)cc1. The van der Waals surface area contributed by atoms with Gasteiger partial charge in [-0.1, -0.05) is 22.9 Å². The molecule has 0 spiro atoms. The monoisotopic (exact) mass is 310 g/mol. The van der Waals surface area contributed by atoms with E-state index >= 15 is 0 Å². The molecule has 1 unspecified atom stereocenters. The molecule has 1 aliphatic heterocycles. The molecule has 0 saturated carbocycles. The molecule has 4 nitrogen and oxygen atoms in total. The molecule has 0 radical (unpaired) electrons. The first-order valence-corrected chi connectivity index (χ1v) is 6.86. The molecule has 2 amide bonds. The van der Waals surface area contributed by atoms with Crippen molar-refractivity contribution in [2.45, 2.75) is 24.6 Å². The molecule has 0 bridgehead atoms. The summed E-state index contributed by atoms with van der Waals surface area (Å²) in [5.74, 6) is 0.114. The minimum absolute atomic E-state index is 0.0134. The van der Waals surface area contributed by atoms with Gasteiger partial charge in [-0.2, -0.15) is 0 Å². The molecule has 5 heteroatoms. The first-order chi connectivity index (χ1) is 8.60. The third-order valence-corrected chi connectivity index (χ3v) is 3.47. The average molecular weight is 311 g/mol. The van der Waals surface area contributed by atoms with Gasteiger partial charge in [0.05, 0.1) is 0 Å². The van der Waals surface area contributed by atoms with Crippen molar-refractivity contribution in [2.75, 3.05) is 16.8 Å². The minimum Gasteiger partial charge on any atom is -0.326 e. The Morgan fingerprint density at radius 1 is 1.44 bits per heavy atom. The quantitative estimate of drug-likeness (QED) is 0.872. The zero-order chi connectivity index (χ0) is 13.1. The highest BCUT2D eigenvalue weighted by Crippen LogP contribution is 2.26. The van der Waals surface area contributed by atoms with E-state index in [4.69, 9.17) is 0 Å². The lowest BCUT2D eigenvalue weighted by Crippen LogP contribution is -2.24. The van der Waals surface area contributed by atoms with Crippen LogP contribution in [0.25, 0.3) is 0 Å². The van der Waals surface area contributed by atoms with Crippen LogP contribution in [-0.4, -0.2) is 23.2 Å². The van der Waals surface area contributed by atoms with E-state index in [0.29, 0.717) is 19.4 Å². The van der Waals surface area contributed by atoms with Crippen molar-refractivity contribution in [3.05, 3.63) is 24.3 Å². The number of hydrogen-bond acceptors (Lipinski definition) is 2. The van der Waals surface area contributed by atoms with Crippen LogP contribution in [0.1, 0.15) is 19.8 Å². The van der Waals surface area contributed by atoms with Crippen LogP contribution < -0.4 is 10.2 Å². The molecule has 1 aromatic rings. The van der Waals surface area contributed by atoms with Gasteiger partial charge in [-0.15, -0.1) is 0 Å². The first kappa shape index (κ1) is 13.1. The summed E-state index contributed by atoms with van der Waals surface area (Å²) < 4.78 is 0. The Balaban J connectivity index is 2.08. The van der Waals surface area contributed by atoms with Gasteiger partial charge in [0.25, 0.3) is 0 Å². The maximum absolute atomic E-state index is 11.7. The number of benzene rings is 1. The number of halogens is 1. The second-order valence-corrected chi connectivity index (χ2v) is 5.55. The van der Waals surface area contributed by atoms with Crippen LogP contribution in [0.15, 0.2) is 24.3 Å². The molecule has 96 valence electrons. The van der Waals surface area contributed by atoms with Gasteiger partial charge in [0, 0.05) is 35.6 Å². The Labute approximate surface area is 114 Å². The van der Waals surface area contributed by atoms with Crippen LogP contribution in [0.3, 0.4) is 0 Å². The largest absolute Gasteiger partial charge is 0.326 e. The zero-order valence-electron chi connectivity index (χ0n) is 10.1.